The molecule has 8 nitrogen and oxygen atoms in total. The second kappa shape index (κ2) is 8.69. The summed E-state index contributed by atoms with van der Waals surface area (Å²) in [7, 11) is 0. The Morgan fingerprint density at radius 3 is 2.36 bits per heavy atom. The number of nitrogens with one attached hydrogen (secondary N) is 1. The van der Waals surface area contributed by atoms with Crippen LogP contribution in [0.15, 0.2) is 41.3 Å². The zero-order chi connectivity index (χ0) is 20.1. The average molecular weight is 384 g/mol. The fourth-order valence-electron chi connectivity index (χ4n) is 2.94. The number of hydrogen-bond acceptors (Lipinski definition) is 5. The van der Waals surface area contributed by atoms with E-state index in [0.717, 1.165) is 6.42 Å². The van der Waals surface area contributed by atoms with Gasteiger partial charge in [-0.05, 0) is 31.5 Å². The number of carbonyl (C=O) groups excluding carboxylic acids is 3. The zero-order valence-electron chi connectivity index (χ0n) is 16.1. The van der Waals surface area contributed by atoms with Gasteiger partial charge in [0.1, 0.15) is 0 Å². The van der Waals surface area contributed by atoms with E-state index in [1.54, 1.807) is 28.0 Å². The van der Waals surface area contributed by atoms with E-state index in [9.17, 15) is 14.4 Å². The SMILES string of the molecule is CCC(C)NC(=O)c1cncc(C(=O)N2CCN(C(=O)c3ccco3)CC2)c1. The molecule has 1 unspecified atom stereocenters. The van der Waals surface area contributed by atoms with Gasteiger partial charge in [-0.25, -0.2) is 0 Å². The monoisotopic (exact) mass is 384 g/mol. The van der Waals surface area contributed by atoms with Crippen molar-refractivity contribution in [3.63, 3.8) is 0 Å². The van der Waals surface area contributed by atoms with Crippen molar-refractivity contribution in [2.24, 2.45) is 0 Å². The van der Waals surface area contributed by atoms with Crippen LogP contribution >= 0.6 is 0 Å². The van der Waals surface area contributed by atoms with Crippen LogP contribution in [0.1, 0.15) is 51.5 Å². The Morgan fingerprint density at radius 2 is 1.75 bits per heavy atom. The first-order chi connectivity index (χ1) is 13.5. The predicted octanol–water partition coefficient (Wildman–Crippen LogP) is 1.80. The first kappa shape index (κ1) is 19.6. The van der Waals surface area contributed by atoms with Crippen LogP contribution in [0.25, 0.3) is 0 Å². The van der Waals surface area contributed by atoms with Gasteiger partial charge >= 0.3 is 0 Å². The Kier molecular flexibility index (Phi) is 6.08. The number of rotatable bonds is 5. The Labute approximate surface area is 163 Å². The largest absolute Gasteiger partial charge is 0.459 e. The standard InChI is InChI=1S/C20H24N4O4/c1-3-14(2)22-18(25)15-11-16(13-21-12-15)19(26)23-6-8-24(9-7-23)20(27)17-5-4-10-28-17/h4-5,10-14H,3,6-9H2,1-2H3,(H,22,25). The average Bonchev–Trinajstić information content (AvgIpc) is 3.27. The van der Waals surface area contributed by atoms with E-state index in [1.807, 2.05) is 13.8 Å². The molecule has 1 fully saturated rings. The van der Waals surface area contributed by atoms with Gasteiger partial charge in [0.15, 0.2) is 5.76 Å². The Balaban J connectivity index is 1.61. The maximum Gasteiger partial charge on any atom is 0.289 e. The highest BCUT2D eigenvalue weighted by Gasteiger charge is 2.27. The maximum absolute atomic E-state index is 12.8. The van der Waals surface area contributed by atoms with Crippen LogP contribution in [-0.4, -0.2) is 64.7 Å². The molecule has 3 amide bonds. The van der Waals surface area contributed by atoms with E-state index in [2.05, 4.69) is 10.3 Å². The number of furan rings is 1. The lowest BCUT2D eigenvalue weighted by Crippen LogP contribution is -2.50. The molecule has 3 rings (SSSR count). The molecule has 8 heteroatoms. The van der Waals surface area contributed by atoms with Crippen LogP contribution in [0.4, 0.5) is 0 Å². The van der Waals surface area contributed by atoms with Gasteiger partial charge in [-0.15, -0.1) is 0 Å². The number of hydrogen-bond donors (Lipinski definition) is 1. The molecule has 0 aliphatic carbocycles. The summed E-state index contributed by atoms with van der Waals surface area (Å²) in [6.07, 6.45) is 5.19. The molecule has 1 atom stereocenters. The quantitative estimate of drug-likeness (QED) is 0.848. The highest BCUT2D eigenvalue weighted by Crippen LogP contribution is 2.13. The van der Waals surface area contributed by atoms with Gasteiger partial charge in [-0.3, -0.25) is 19.4 Å². The van der Waals surface area contributed by atoms with Crippen molar-refractivity contribution in [2.75, 3.05) is 26.2 Å². The smallest absolute Gasteiger partial charge is 0.289 e. The maximum atomic E-state index is 12.8. The van der Waals surface area contributed by atoms with Crippen LogP contribution in [0.2, 0.25) is 0 Å². The summed E-state index contributed by atoms with van der Waals surface area (Å²) >= 11 is 0. The highest BCUT2D eigenvalue weighted by atomic mass is 16.3. The summed E-state index contributed by atoms with van der Waals surface area (Å²) in [6, 6.07) is 4.91. The van der Waals surface area contributed by atoms with Gasteiger partial charge in [0.2, 0.25) is 0 Å². The van der Waals surface area contributed by atoms with Gasteiger partial charge < -0.3 is 19.5 Å². The van der Waals surface area contributed by atoms with Crippen LogP contribution < -0.4 is 5.32 Å². The molecule has 1 aliphatic heterocycles. The zero-order valence-corrected chi connectivity index (χ0v) is 16.1. The van der Waals surface area contributed by atoms with Gasteiger partial charge in [-0.2, -0.15) is 0 Å². The van der Waals surface area contributed by atoms with Crippen molar-refractivity contribution in [3.8, 4) is 0 Å². The van der Waals surface area contributed by atoms with Crippen LogP contribution in [0, 0.1) is 0 Å². The highest BCUT2D eigenvalue weighted by molar-refractivity contribution is 5.99. The first-order valence-corrected chi connectivity index (χ1v) is 9.37. The van der Waals surface area contributed by atoms with E-state index in [1.165, 1.54) is 18.7 Å². The minimum atomic E-state index is -0.245. The number of carbonyl (C=O) groups is 3. The molecule has 1 saturated heterocycles. The van der Waals surface area contributed by atoms with Crippen molar-refractivity contribution in [1.29, 1.82) is 0 Å². The minimum Gasteiger partial charge on any atom is -0.459 e. The van der Waals surface area contributed by atoms with Crippen molar-refractivity contribution in [2.45, 2.75) is 26.3 Å². The van der Waals surface area contributed by atoms with Gasteiger partial charge in [0, 0.05) is 44.6 Å². The lowest BCUT2D eigenvalue weighted by atomic mass is 10.1. The van der Waals surface area contributed by atoms with Crippen molar-refractivity contribution >= 4 is 17.7 Å². The van der Waals surface area contributed by atoms with Gasteiger partial charge in [-0.1, -0.05) is 6.92 Å². The molecule has 0 aromatic carbocycles. The number of nitrogens with zero attached hydrogens (tertiary/aromatic N) is 3. The topological polar surface area (TPSA) is 95.8 Å². The second-order valence-electron chi connectivity index (χ2n) is 6.81. The Hall–Kier alpha value is -3.16. The van der Waals surface area contributed by atoms with Crippen molar-refractivity contribution in [1.82, 2.24) is 20.1 Å². The molecule has 28 heavy (non-hydrogen) atoms. The lowest BCUT2D eigenvalue weighted by molar-refractivity contribution is 0.0518. The Bertz CT molecular complexity index is 842. The summed E-state index contributed by atoms with van der Waals surface area (Å²) in [5, 5.41) is 2.87. The van der Waals surface area contributed by atoms with Gasteiger partial charge in [0.25, 0.3) is 17.7 Å². The molecule has 0 saturated carbocycles. The summed E-state index contributed by atoms with van der Waals surface area (Å²) in [4.78, 5) is 44.7. The molecule has 0 bridgehead atoms. The third-order valence-electron chi connectivity index (χ3n) is 4.82. The molecule has 0 radical (unpaired) electrons. The fraction of sp³-hybridized carbons (Fsp3) is 0.400. The van der Waals surface area contributed by atoms with E-state index in [4.69, 9.17) is 4.42 Å². The number of amides is 3. The molecule has 148 valence electrons. The van der Waals surface area contributed by atoms with Crippen molar-refractivity contribution in [3.05, 3.63) is 53.7 Å². The normalized spacial score (nSPS) is 15.2. The van der Waals surface area contributed by atoms with E-state index in [-0.39, 0.29) is 23.8 Å². The molecule has 2 aromatic rings. The molecule has 1 aliphatic rings. The summed E-state index contributed by atoms with van der Waals surface area (Å²) in [5.74, 6) is -0.326. The third-order valence-corrected chi connectivity index (χ3v) is 4.82. The fourth-order valence-corrected chi connectivity index (χ4v) is 2.94. The molecule has 3 heterocycles. The van der Waals surface area contributed by atoms with E-state index in [0.29, 0.717) is 43.1 Å². The molecule has 1 N–H and O–H groups in total. The minimum absolute atomic E-state index is 0.0478. The molecule has 0 spiro atoms. The van der Waals surface area contributed by atoms with Crippen LogP contribution in [-0.2, 0) is 0 Å². The van der Waals surface area contributed by atoms with Gasteiger partial charge in [0.05, 0.1) is 17.4 Å². The molecule has 2 aromatic heterocycles. The predicted molar refractivity (Wildman–Crippen MR) is 102 cm³/mol. The van der Waals surface area contributed by atoms with Crippen molar-refractivity contribution < 1.29 is 18.8 Å². The van der Waals surface area contributed by atoms with Crippen LogP contribution in [0.5, 0.6) is 0 Å². The Morgan fingerprint density at radius 1 is 1.11 bits per heavy atom. The number of pyridine rings is 1. The number of piperazine rings is 1. The summed E-state index contributed by atoms with van der Waals surface area (Å²) in [5.41, 5.74) is 0.723. The van der Waals surface area contributed by atoms with E-state index >= 15 is 0 Å². The number of aromatic nitrogens is 1. The third kappa shape index (κ3) is 4.39. The second-order valence-corrected chi connectivity index (χ2v) is 6.81. The van der Waals surface area contributed by atoms with Crippen LogP contribution in [0.3, 0.4) is 0 Å². The first-order valence-electron chi connectivity index (χ1n) is 9.37. The van der Waals surface area contributed by atoms with E-state index < -0.39 is 0 Å². The summed E-state index contributed by atoms with van der Waals surface area (Å²) < 4.78 is 5.15. The lowest BCUT2D eigenvalue weighted by Gasteiger charge is -2.34. The summed E-state index contributed by atoms with van der Waals surface area (Å²) in [6.45, 7) is 5.58. The molecular weight excluding hydrogens is 360 g/mol. The molecular formula is C20H24N4O4.